The molecular weight excluding hydrogens is 288 g/mol. The van der Waals surface area contributed by atoms with Gasteiger partial charge >= 0.3 is 0 Å². The van der Waals surface area contributed by atoms with Gasteiger partial charge in [-0.15, -0.1) is 0 Å². The summed E-state index contributed by atoms with van der Waals surface area (Å²) in [4.78, 5) is 12.5. The highest BCUT2D eigenvalue weighted by molar-refractivity contribution is 5.92. The van der Waals surface area contributed by atoms with Gasteiger partial charge in [-0.25, -0.2) is 0 Å². The lowest BCUT2D eigenvalue weighted by Crippen LogP contribution is -2.55. The molecule has 0 fully saturated rings. The lowest BCUT2D eigenvalue weighted by molar-refractivity contribution is 0.0696. The van der Waals surface area contributed by atoms with Gasteiger partial charge in [0.05, 0.1) is 0 Å². The zero-order chi connectivity index (χ0) is 17.5. The first-order chi connectivity index (χ1) is 10.8. The monoisotopic (exact) mass is 322 g/mol. The summed E-state index contributed by atoms with van der Waals surface area (Å²) in [5.41, 5.74) is 0.158. The number of carbonyl (C=O) groups is 1. The van der Waals surface area contributed by atoms with Gasteiger partial charge < -0.3 is 9.84 Å². The van der Waals surface area contributed by atoms with E-state index < -0.39 is 0 Å². The standard InChI is InChI=1S/C19H34N2O2/c1-7-10-11-13-19(6,12-8-2)18(4,5)20-17(22)16-14-15(9-3)23-21-16/h14H,7-13H2,1-6H3,(H,20,22). The lowest BCUT2D eigenvalue weighted by Gasteiger charge is -2.45. The zero-order valence-corrected chi connectivity index (χ0v) is 15.8. The molecule has 4 heteroatoms. The second-order valence-electron chi connectivity index (χ2n) is 7.38. The second kappa shape index (κ2) is 8.51. The molecule has 0 aliphatic heterocycles. The predicted molar refractivity (Wildman–Crippen MR) is 94.6 cm³/mol. The minimum atomic E-state index is -0.292. The van der Waals surface area contributed by atoms with E-state index in [4.69, 9.17) is 4.52 Å². The maximum Gasteiger partial charge on any atom is 0.273 e. The average molecular weight is 322 g/mol. The SMILES string of the molecule is CCCCCC(C)(CCC)C(C)(C)NC(=O)c1cc(CC)on1. The van der Waals surface area contributed by atoms with Crippen LogP contribution in [0.2, 0.25) is 0 Å². The highest BCUT2D eigenvalue weighted by Crippen LogP contribution is 2.40. The maximum atomic E-state index is 12.5. The number of aryl methyl sites for hydroxylation is 1. The van der Waals surface area contributed by atoms with Crippen molar-refractivity contribution in [2.45, 2.75) is 92.0 Å². The predicted octanol–water partition coefficient (Wildman–Crippen LogP) is 5.13. The summed E-state index contributed by atoms with van der Waals surface area (Å²) in [6.07, 6.45) is 7.75. The number of hydrogen-bond donors (Lipinski definition) is 1. The number of carbonyl (C=O) groups excluding carboxylic acids is 1. The Bertz CT molecular complexity index is 493. The number of amides is 1. The van der Waals surface area contributed by atoms with Crippen LogP contribution in [0.4, 0.5) is 0 Å². The van der Waals surface area contributed by atoms with E-state index in [9.17, 15) is 4.79 Å². The summed E-state index contributed by atoms with van der Waals surface area (Å²) in [6, 6.07) is 1.74. The molecule has 0 saturated carbocycles. The molecule has 1 unspecified atom stereocenters. The number of nitrogens with zero attached hydrogens (tertiary/aromatic N) is 1. The molecule has 1 N–H and O–H groups in total. The van der Waals surface area contributed by atoms with Crippen molar-refractivity contribution >= 4 is 5.91 Å². The van der Waals surface area contributed by atoms with E-state index in [2.05, 4.69) is 45.1 Å². The molecule has 0 aliphatic carbocycles. The van der Waals surface area contributed by atoms with Crippen molar-refractivity contribution in [3.8, 4) is 0 Å². The van der Waals surface area contributed by atoms with Crippen molar-refractivity contribution in [3.05, 3.63) is 17.5 Å². The van der Waals surface area contributed by atoms with Crippen LogP contribution in [0.1, 0.15) is 96.3 Å². The Kier molecular flexibility index (Phi) is 7.30. The Hall–Kier alpha value is -1.32. The first-order valence-corrected chi connectivity index (χ1v) is 9.07. The summed E-state index contributed by atoms with van der Waals surface area (Å²) in [7, 11) is 0. The summed E-state index contributed by atoms with van der Waals surface area (Å²) in [5.74, 6) is 0.600. The Morgan fingerprint density at radius 2 is 1.83 bits per heavy atom. The van der Waals surface area contributed by atoms with Gasteiger partial charge in [-0.1, -0.05) is 58.5 Å². The number of nitrogens with one attached hydrogen (secondary N) is 1. The third-order valence-corrected chi connectivity index (χ3v) is 5.21. The molecule has 1 atom stereocenters. The van der Waals surface area contributed by atoms with Crippen molar-refractivity contribution in [2.24, 2.45) is 5.41 Å². The smallest absolute Gasteiger partial charge is 0.273 e. The fraction of sp³-hybridized carbons (Fsp3) is 0.789. The van der Waals surface area contributed by atoms with E-state index in [0.29, 0.717) is 5.69 Å². The molecule has 4 nitrogen and oxygen atoms in total. The third-order valence-electron chi connectivity index (χ3n) is 5.21. The average Bonchev–Trinajstić information content (AvgIpc) is 2.96. The van der Waals surface area contributed by atoms with Gasteiger partial charge in [0.2, 0.25) is 0 Å². The third kappa shape index (κ3) is 5.08. The minimum absolute atomic E-state index is 0.0733. The van der Waals surface area contributed by atoms with Crippen LogP contribution in [0.25, 0.3) is 0 Å². The number of rotatable bonds is 10. The summed E-state index contributed by atoms with van der Waals surface area (Å²) >= 11 is 0. The molecule has 23 heavy (non-hydrogen) atoms. The van der Waals surface area contributed by atoms with Crippen molar-refractivity contribution in [1.29, 1.82) is 0 Å². The Morgan fingerprint density at radius 1 is 1.13 bits per heavy atom. The number of hydrogen-bond acceptors (Lipinski definition) is 3. The van der Waals surface area contributed by atoms with Crippen LogP contribution in [0.15, 0.2) is 10.6 Å². The van der Waals surface area contributed by atoms with Crippen LogP contribution in [0.5, 0.6) is 0 Å². The number of unbranched alkanes of at least 4 members (excludes halogenated alkanes) is 2. The molecular formula is C19H34N2O2. The van der Waals surface area contributed by atoms with Gasteiger partial charge in [-0.05, 0) is 32.1 Å². The molecule has 1 heterocycles. The lowest BCUT2D eigenvalue weighted by atomic mass is 9.67. The normalized spacial score (nSPS) is 14.5. The van der Waals surface area contributed by atoms with E-state index in [1.807, 2.05) is 6.92 Å². The van der Waals surface area contributed by atoms with E-state index in [-0.39, 0.29) is 16.9 Å². The van der Waals surface area contributed by atoms with Gasteiger partial charge in [0.1, 0.15) is 5.76 Å². The molecule has 1 aromatic heterocycles. The van der Waals surface area contributed by atoms with Crippen LogP contribution in [-0.4, -0.2) is 16.6 Å². The minimum Gasteiger partial charge on any atom is -0.361 e. The van der Waals surface area contributed by atoms with E-state index in [1.165, 1.54) is 19.3 Å². The van der Waals surface area contributed by atoms with Crippen molar-refractivity contribution in [3.63, 3.8) is 0 Å². The molecule has 1 rings (SSSR count). The molecule has 1 aromatic rings. The fourth-order valence-electron chi connectivity index (χ4n) is 3.15. The Labute approximate surface area is 141 Å². The largest absolute Gasteiger partial charge is 0.361 e. The van der Waals surface area contributed by atoms with E-state index >= 15 is 0 Å². The molecule has 0 bridgehead atoms. The number of aromatic nitrogens is 1. The Morgan fingerprint density at radius 3 is 2.35 bits per heavy atom. The molecule has 0 spiro atoms. The quantitative estimate of drug-likeness (QED) is 0.607. The van der Waals surface area contributed by atoms with Gasteiger partial charge in [-0.3, -0.25) is 4.79 Å². The molecule has 0 aromatic carbocycles. The van der Waals surface area contributed by atoms with E-state index in [1.54, 1.807) is 6.07 Å². The molecule has 132 valence electrons. The zero-order valence-electron chi connectivity index (χ0n) is 15.8. The Balaban J connectivity index is 2.84. The van der Waals surface area contributed by atoms with Crippen LogP contribution in [-0.2, 0) is 6.42 Å². The van der Waals surface area contributed by atoms with Gasteiger partial charge in [0.15, 0.2) is 5.69 Å². The summed E-state index contributed by atoms with van der Waals surface area (Å²) < 4.78 is 5.15. The topological polar surface area (TPSA) is 55.1 Å². The highest BCUT2D eigenvalue weighted by atomic mass is 16.5. The molecule has 1 amide bonds. The molecule has 0 aliphatic rings. The molecule has 0 saturated heterocycles. The first kappa shape index (κ1) is 19.7. The fourth-order valence-corrected chi connectivity index (χ4v) is 3.15. The maximum absolute atomic E-state index is 12.5. The van der Waals surface area contributed by atoms with Gasteiger partial charge in [0.25, 0.3) is 5.91 Å². The molecule has 0 radical (unpaired) electrons. The van der Waals surface area contributed by atoms with Gasteiger partial charge in [0, 0.05) is 18.0 Å². The van der Waals surface area contributed by atoms with Gasteiger partial charge in [-0.2, -0.15) is 0 Å². The highest BCUT2D eigenvalue weighted by Gasteiger charge is 2.41. The first-order valence-electron chi connectivity index (χ1n) is 9.07. The van der Waals surface area contributed by atoms with Crippen molar-refractivity contribution < 1.29 is 9.32 Å². The van der Waals surface area contributed by atoms with Crippen LogP contribution >= 0.6 is 0 Å². The van der Waals surface area contributed by atoms with Crippen molar-refractivity contribution in [2.75, 3.05) is 0 Å². The summed E-state index contributed by atoms with van der Waals surface area (Å²) in [6.45, 7) is 13.0. The second-order valence-corrected chi connectivity index (χ2v) is 7.38. The van der Waals surface area contributed by atoms with Crippen molar-refractivity contribution in [1.82, 2.24) is 10.5 Å². The van der Waals surface area contributed by atoms with Crippen LogP contribution < -0.4 is 5.32 Å². The van der Waals surface area contributed by atoms with Crippen LogP contribution in [0, 0.1) is 5.41 Å². The summed E-state index contributed by atoms with van der Waals surface area (Å²) in [5, 5.41) is 7.09. The van der Waals surface area contributed by atoms with Crippen LogP contribution in [0.3, 0.4) is 0 Å². The van der Waals surface area contributed by atoms with E-state index in [0.717, 1.165) is 31.4 Å².